The normalized spacial score (nSPS) is 10.0. The second kappa shape index (κ2) is 4.20. The fourth-order valence-corrected chi connectivity index (χ4v) is 2.21. The van der Waals surface area contributed by atoms with Crippen LogP contribution in [0.15, 0.2) is 41.8 Å². The van der Waals surface area contributed by atoms with Crippen molar-refractivity contribution < 1.29 is 4.79 Å². The molecule has 14 heavy (non-hydrogen) atoms. The molecule has 0 aliphatic rings. The molecule has 0 fully saturated rings. The Balaban J connectivity index is 2.15. The molecule has 0 atom stereocenters. The molecule has 0 amide bonds. The Kier molecular flexibility index (Phi) is 2.75. The molecule has 0 aliphatic carbocycles. The lowest BCUT2D eigenvalue weighted by Crippen LogP contribution is -1.82. The standard InChI is InChI=1S/C12H10OS/c13-8-11-7-12(14-9-11)6-10-4-2-1-3-5-10/h1-5,7-9H,6H2. The van der Waals surface area contributed by atoms with Gasteiger partial charge in [0.15, 0.2) is 6.29 Å². The van der Waals surface area contributed by atoms with Crippen LogP contribution in [-0.2, 0) is 6.42 Å². The SMILES string of the molecule is O=Cc1csc(Cc2ccccc2)c1. The highest BCUT2D eigenvalue weighted by atomic mass is 32.1. The Hall–Kier alpha value is -1.41. The zero-order valence-corrected chi connectivity index (χ0v) is 8.46. The van der Waals surface area contributed by atoms with Crippen LogP contribution in [0.4, 0.5) is 0 Å². The van der Waals surface area contributed by atoms with Crippen LogP contribution in [0.3, 0.4) is 0 Å². The summed E-state index contributed by atoms with van der Waals surface area (Å²) in [5, 5.41) is 1.89. The van der Waals surface area contributed by atoms with E-state index in [4.69, 9.17) is 0 Å². The van der Waals surface area contributed by atoms with Crippen LogP contribution in [0.1, 0.15) is 20.8 Å². The van der Waals surface area contributed by atoms with Crippen LogP contribution in [-0.4, -0.2) is 6.29 Å². The van der Waals surface area contributed by atoms with Crippen LogP contribution >= 0.6 is 11.3 Å². The van der Waals surface area contributed by atoms with Gasteiger partial charge in [0, 0.05) is 22.2 Å². The van der Waals surface area contributed by atoms with E-state index in [1.165, 1.54) is 10.4 Å². The molecule has 0 bridgehead atoms. The second-order valence-electron chi connectivity index (χ2n) is 3.13. The van der Waals surface area contributed by atoms with Gasteiger partial charge >= 0.3 is 0 Å². The van der Waals surface area contributed by atoms with Crippen molar-refractivity contribution in [1.82, 2.24) is 0 Å². The van der Waals surface area contributed by atoms with Gasteiger partial charge in [-0.1, -0.05) is 30.3 Å². The average Bonchev–Trinajstić information content (AvgIpc) is 2.67. The maximum absolute atomic E-state index is 10.5. The van der Waals surface area contributed by atoms with E-state index in [0.717, 1.165) is 18.3 Å². The molecule has 0 saturated carbocycles. The molecule has 1 aromatic carbocycles. The molecule has 2 aromatic rings. The lowest BCUT2D eigenvalue weighted by molar-refractivity contribution is 0.112. The molecule has 0 N–H and O–H groups in total. The van der Waals surface area contributed by atoms with Gasteiger partial charge in [-0.05, 0) is 11.6 Å². The molecule has 0 spiro atoms. The Labute approximate surface area is 87.0 Å². The Morgan fingerprint density at radius 1 is 1.21 bits per heavy atom. The van der Waals surface area contributed by atoms with Crippen LogP contribution in [0, 0.1) is 0 Å². The molecule has 0 radical (unpaired) electrons. The lowest BCUT2D eigenvalue weighted by atomic mass is 10.1. The van der Waals surface area contributed by atoms with Gasteiger partial charge < -0.3 is 0 Å². The van der Waals surface area contributed by atoms with Crippen LogP contribution in [0.25, 0.3) is 0 Å². The summed E-state index contributed by atoms with van der Waals surface area (Å²) in [5.74, 6) is 0. The first-order valence-corrected chi connectivity index (χ1v) is 5.33. The molecule has 70 valence electrons. The molecule has 1 heterocycles. The van der Waals surface area contributed by atoms with Gasteiger partial charge in [-0.25, -0.2) is 0 Å². The molecule has 0 saturated heterocycles. The maximum atomic E-state index is 10.5. The molecule has 2 rings (SSSR count). The van der Waals surface area contributed by atoms with Crippen molar-refractivity contribution in [3.63, 3.8) is 0 Å². The number of benzene rings is 1. The smallest absolute Gasteiger partial charge is 0.150 e. The quantitative estimate of drug-likeness (QED) is 0.699. The topological polar surface area (TPSA) is 17.1 Å². The predicted molar refractivity (Wildman–Crippen MR) is 59.0 cm³/mol. The number of rotatable bonds is 3. The summed E-state index contributed by atoms with van der Waals surface area (Å²) < 4.78 is 0. The monoisotopic (exact) mass is 202 g/mol. The summed E-state index contributed by atoms with van der Waals surface area (Å²) in [5.41, 5.74) is 2.06. The third-order valence-electron chi connectivity index (χ3n) is 2.03. The fraction of sp³-hybridized carbons (Fsp3) is 0.0833. The van der Waals surface area contributed by atoms with Crippen molar-refractivity contribution in [3.8, 4) is 0 Å². The number of carbonyl (C=O) groups is 1. The summed E-state index contributed by atoms with van der Waals surface area (Å²) >= 11 is 1.64. The fourth-order valence-electron chi connectivity index (χ4n) is 1.35. The van der Waals surface area contributed by atoms with Gasteiger partial charge in [0.25, 0.3) is 0 Å². The summed E-state index contributed by atoms with van der Waals surface area (Å²) in [4.78, 5) is 11.7. The minimum absolute atomic E-state index is 0.779. The van der Waals surface area contributed by atoms with Crippen LogP contribution in [0.5, 0.6) is 0 Å². The van der Waals surface area contributed by atoms with Crippen molar-refractivity contribution in [2.45, 2.75) is 6.42 Å². The van der Waals surface area contributed by atoms with Gasteiger partial charge in [0.2, 0.25) is 0 Å². The van der Waals surface area contributed by atoms with Crippen LogP contribution in [0.2, 0.25) is 0 Å². The number of carbonyl (C=O) groups excluding carboxylic acids is 1. The summed E-state index contributed by atoms with van der Waals surface area (Å²) in [6, 6.07) is 12.2. The number of hydrogen-bond donors (Lipinski definition) is 0. The molecule has 0 unspecified atom stereocenters. The number of hydrogen-bond acceptors (Lipinski definition) is 2. The first kappa shape index (κ1) is 9.16. The minimum Gasteiger partial charge on any atom is -0.298 e. The minimum atomic E-state index is 0.779. The van der Waals surface area contributed by atoms with E-state index in [-0.39, 0.29) is 0 Å². The Morgan fingerprint density at radius 2 is 2.00 bits per heavy atom. The highest BCUT2D eigenvalue weighted by Gasteiger charge is 1.99. The largest absolute Gasteiger partial charge is 0.298 e. The summed E-state index contributed by atoms with van der Waals surface area (Å²) in [7, 11) is 0. The first-order valence-electron chi connectivity index (χ1n) is 4.45. The molecule has 1 nitrogen and oxygen atoms in total. The van der Waals surface area contributed by atoms with Gasteiger partial charge in [-0.3, -0.25) is 4.79 Å². The van der Waals surface area contributed by atoms with Gasteiger partial charge in [-0.2, -0.15) is 0 Å². The van der Waals surface area contributed by atoms with Crippen molar-refractivity contribution in [2.24, 2.45) is 0 Å². The molecule has 2 heteroatoms. The highest BCUT2D eigenvalue weighted by molar-refractivity contribution is 7.10. The van der Waals surface area contributed by atoms with Crippen molar-refractivity contribution in [3.05, 3.63) is 57.8 Å². The second-order valence-corrected chi connectivity index (χ2v) is 4.12. The zero-order valence-electron chi connectivity index (χ0n) is 7.64. The van der Waals surface area contributed by atoms with E-state index < -0.39 is 0 Å². The van der Waals surface area contributed by atoms with E-state index in [9.17, 15) is 4.79 Å². The Bertz CT molecular complexity index is 417. The molecular formula is C12H10OS. The number of aldehydes is 1. The van der Waals surface area contributed by atoms with Gasteiger partial charge in [0.1, 0.15) is 0 Å². The molecule has 0 aliphatic heterocycles. The maximum Gasteiger partial charge on any atom is 0.150 e. The third-order valence-corrected chi connectivity index (χ3v) is 2.99. The van der Waals surface area contributed by atoms with E-state index >= 15 is 0 Å². The van der Waals surface area contributed by atoms with Crippen molar-refractivity contribution >= 4 is 17.6 Å². The summed E-state index contributed by atoms with van der Waals surface area (Å²) in [6.07, 6.45) is 1.81. The highest BCUT2D eigenvalue weighted by Crippen LogP contribution is 2.17. The van der Waals surface area contributed by atoms with Gasteiger partial charge in [0.05, 0.1) is 0 Å². The van der Waals surface area contributed by atoms with E-state index in [2.05, 4.69) is 12.1 Å². The zero-order chi connectivity index (χ0) is 9.80. The van der Waals surface area contributed by atoms with Crippen molar-refractivity contribution in [2.75, 3.05) is 0 Å². The first-order chi connectivity index (χ1) is 6.88. The average molecular weight is 202 g/mol. The summed E-state index contributed by atoms with van der Waals surface area (Å²) in [6.45, 7) is 0. The van der Waals surface area contributed by atoms with E-state index in [1.807, 2.05) is 29.6 Å². The lowest BCUT2D eigenvalue weighted by Gasteiger charge is -1.96. The van der Waals surface area contributed by atoms with E-state index in [0.29, 0.717) is 0 Å². The van der Waals surface area contributed by atoms with Crippen LogP contribution < -0.4 is 0 Å². The van der Waals surface area contributed by atoms with Gasteiger partial charge in [-0.15, -0.1) is 11.3 Å². The molecular weight excluding hydrogens is 192 g/mol. The van der Waals surface area contributed by atoms with Crippen molar-refractivity contribution in [1.29, 1.82) is 0 Å². The predicted octanol–water partition coefficient (Wildman–Crippen LogP) is 3.15. The third kappa shape index (κ3) is 2.09. The van der Waals surface area contributed by atoms with E-state index in [1.54, 1.807) is 11.3 Å². The number of thiophene rings is 1. The Morgan fingerprint density at radius 3 is 2.64 bits per heavy atom. The molecule has 1 aromatic heterocycles.